The Hall–Kier alpha value is -2.01. The van der Waals surface area contributed by atoms with Crippen molar-refractivity contribution in [3.8, 4) is 11.4 Å². The van der Waals surface area contributed by atoms with Crippen molar-refractivity contribution in [2.24, 2.45) is 0 Å². The zero-order valence-corrected chi connectivity index (χ0v) is 8.97. The highest BCUT2D eigenvalue weighted by Crippen LogP contribution is 2.18. The van der Waals surface area contributed by atoms with Crippen LogP contribution in [-0.4, -0.2) is 19.9 Å². The zero-order chi connectivity index (χ0) is 10.3. The third kappa shape index (κ3) is 1.61. The van der Waals surface area contributed by atoms with E-state index in [2.05, 4.69) is 19.9 Å². The molecule has 0 spiro atoms. The number of aromatic amines is 3. The van der Waals surface area contributed by atoms with E-state index >= 15 is 0 Å². The molecule has 0 radical (unpaired) electrons. The lowest BCUT2D eigenvalue weighted by atomic mass is 10.2. The van der Waals surface area contributed by atoms with Crippen LogP contribution in [0.25, 0.3) is 22.4 Å². The Bertz CT molecular complexity index is 653. The van der Waals surface area contributed by atoms with Crippen LogP contribution in [0.4, 0.5) is 0 Å². The second kappa shape index (κ2) is 3.86. The summed E-state index contributed by atoms with van der Waals surface area (Å²) in [5.74, 6) is 0.791. The molecular weight excluding hydrogens is 228 g/mol. The van der Waals surface area contributed by atoms with Crippen LogP contribution in [0, 0.1) is 0 Å². The molecule has 2 heterocycles. The van der Waals surface area contributed by atoms with Crippen molar-refractivity contribution in [3.63, 3.8) is 0 Å². The third-order valence-corrected chi connectivity index (χ3v) is 2.29. The monoisotopic (exact) mass is 236 g/mol. The minimum absolute atomic E-state index is 0. The predicted molar refractivity (Wildman–Crippen MR) is 63.7 cm³/mol. The first-order valence-electron chi connectivity index (χ1n) is 4.55. The smallest absolute Gasteiger partial charge is 0.323 e. The first kappa shape index (κ1) is 10.5. The van der Waals surface area contributed by atoms with Gasteiger partial charge in [-0.1, -0.05) is 0 Å². The summed E-state index contributed by atoms with van der Waals surface area (Å²) >= 11 is 0. The average Bonchev–Trinajstić information content (AvgIpc) is 2.82. The van der Waals surface area contributed by atoms with E-state index < -0.39 is 0 Å². The third-order valence-electron chi connectivity index (χ3n) is 2.29. The fourth-order valence-corrected chi connectivity index (χ4v) is 1.60. The summed E-state index contributed by atoms with van der Waals surface area (Å²) in [4.78, 5) is 23.6. The molecule has 0 amide bonds. The lowest BCUT2D eigenvalue weighted by molar-refractivity contribution is 1.21. The maximum absolute atomic E-state index is 11.1. The molecule has 0 fully saturated rings. The van der Waals surface area contributed by atoms with Gasteiger partial charge in [0.25, 0.3) is 0 Å². The fourth-order valence-electron chi connectivity index (χ4n) is 1.60. The van der Waals surface area contributed by atoms with E-state index in [1.165, 1.54) is 0 Å². The Labute approximate surface area is 96.3 Å². The second-order valence-corrected chi connectivity index (χ2v) is 3.28. The van der Waals surface area contributed by atoms with E-state index in [0.29, 0.717) is 0 Å². The van der Waals surface area contributed by atoms with Crippen molar-refractivity contribution in [1.82, 2.24) is 19.9 Å². The molecule has 0 atom stereocenters. The number of aromatic nitrogens is 4. The fraction of sp³-hybridized carbons (Fsp3) is 0. The number of fused-ring (bicyclic) bond motifs is 1. The molecule has 2 aromatic heterocycles. The maximum Gasteiger partial charge on any atom is 0.323 e. The van der Waals surface area contributed by atoms with Gasteiger partial charge in [0.2, 0.25) is 0 Å². The summed E-state index contributed by atoms with van der Waals surface area (Å²) < 4.78 is 0. The Balaban J connectivity index is 0.000000963. The van der Waals surface area contributed by atoms with E-state index in [0.717, 1.165) is 22.4 Å². The van der Waals surface area contributed by atoms with Crippen LogP contribution in [0.15, 0.2) is 35.4 Å². The van der Waals surface area contributed by atoms with Crippen LogP contribution < -0.4 is 5.69 Å². The van der Waals surface area contributed by atoms with Gasteiger partial charge in [-0.3, -0.25) is 0 Å². The summed E-state index contributed by atoms with van der Waals surface area (Å²) in [6.07, 6.45) is 3.46. The number of halogens is 1. The highest BCUT2D eigenvalue weighted by molar-refractivity contribution is 5.85. The molecule has 3 N–H and O–H groups in total. The molecule has 0 aliphatic heterocycles. The number of nitrogens with zero attached hydrogens (tertiary/aromatic N) is 1. The number of hydrogen-bond acceptors (Lipinski definition) is 2. The topological polar surface area (TPSA) is 77.3 Å². The molecule has 0 saturated carbocycles. The van der Waals surface area contributed by atoms with Gasteiger partial charge in [-0.15, -0.1) is 12.4 Å². The Morgan fingerprint density at radius 3 is 2.69 bits per heavy atom. The molecule has 5 nitrogen and oxygen atoms in total. The van der Waals surface area contributed by atoms with Crippen molar-refractivity contribution in [1.29, 1.82) is 0 Å². The van der Waals surface area contributed by atoms with Crippen molar-refractivity contribution in [3.05, 3.63) is 41.1 Å². The summed E-state index contributed by atoms with van der Waals surface area (Å²) in [5.41, 5.74) is 2.34. The van der Waals surface area contributed by atoms with Crippen LogP contribution >= 0.6 is 12.4 Å². The minimum atomic E-state index is -0.193. The van der Waals surface area contributed by atoms with Gasteiger partial charge >= 0.3 is 5.69 Å². The Kier molecular flexibility index (Phi) is 2.54. The average molecular weight is 237 g/mol. The van der Waals surface area contributed by atoms with E-state index in [-0.39, 0.29) is 18.1 Å². The lowest BCUT2D eigenvalue weighted by Gasteiger charge is -1.95. The van der Waals surface area contributed by atoms with E-state index in [1.807, 2.05) is 18.2 Å². The molecule has 1 aromatic carbocycles. The highest BCUT2D eigenvalue weighted by Gasteiger charge is 2.02. The molecule has 0 saturated heterocycles. The number of nitrogens with one attached hydrogen (secondary N) is 3. The van der Waals surface area contributed by atoms with Crippen molar-refractivity contribution in [2.75, 3.05) is 0 Å². The van der Waals surface area contributed by atoms with Gasteiger partial charge in [-0.2, -0.15) is 0 Å². The van der Waals surface area contributed by atoms with Crippen LogP contribution in [0.5, 0.6) is 0 Å². The van der Waals surface area contributed by atoms with Gasteiger partial charge < -0.3 is 15.0 Å². The molecule has 0 aliphatic rings. The largest absolute Gasteiger partial charge is 0.345 e. The summed E-state index contributed by atoms with van der Waals surface area (Å²) in [6.45, 7) is 0. The second-order valence-electron chi connectivity index (χ2n) is 3.28. The molecule has 0 bridgehead atoms. The quantitative estimate of drug-likeness (QED) is 0.601. The highest BCUT2D eigenvalue weighted by atomic mass is 35.5. The van der Waals surface area contributed by atoms with Crippen LogP contribution in [-0.2, 0) is 0 Å². The standard InChI is InChI=1S/C10H8N4O.ClH/c15-10-13-7-2-1-6(5-8(7)14-10)9-11-3-4-12-9;/h1-5H,(H,11,12)(H2,13,14,15);1H. The van der Waals surface area contributed by atoms with Crippen molar-refractivity contribution in [2.45, 2.75) is 0 Å². The van der Waals surface area contributed by atoms with Gasteiger partial charge in [0.05, 0.1) is 11.0 Å². The molecule has 0 unspecified atom stereocenters. The molecule has 6 heteroatoms. The van der Waals surface area contributed by atoms with Crippen molar-refractivity contribution >= 4 is 23.4 Å². The predicted octanol–water partition coefficient (Wildman–Crippen LogP) is 1.67. The summed E-state index contributed by atoms with van der Waals surface area (Å²) in [5, 5.41) is 0. The van der Waals surface area contributed by atoms with Crippen molar-refractivity contribution < 1.29 is 0 Å². The summed E-state index contributed by atoms with van der Waals surface area (Å²) in [6, 6.07) is 5.64. The minimum Gasteiger partial charge on any atom is -0.345 e. The number of rotatable bonds is 1. The SMILES string of the molecule is Cl.O=c1[nH]c2ccc(-c3ncc[nH]3)cc2[nH]1. The number of H-pyrrole nitrogens is 3. The first-order valence-corrected chi connectivity index (χ1v) is 4.55. The van der Waals surface area contributed by atoms with Gasteiger partial charge in [-0.25, -0.2) is 9.78 Å². The number of hydrogen-bond donors (Lipinski definition) is 3. The molecule has 3 aromatic rings. The molecule has 0 aliphatic carbocycles. The number of benzene rings is 1. The van der Waals surface area contributed by atoms with Crippen LogP contribution in [0.2, 0.25) is 0 Å². The summed E-state index contributed by atoms with van der Waals surface area (Å²) in [7, 11) is 0. The van der Waals surface area contributed by atoms with Crippen LogP contribution in [0.1, 0.15) is 0 Å². The van der Waals surface area contributed by atoms with Gasteiger partial charge in [0, 0.05) is 18.0 Å². The van der Waals surface area contributed by atoms with Gasteiger partial charge in [0.1, 0.15) is 5.82 Å². The zero-order valence-electron chi connectivity index (χ0n) is 8.15. The van der Waals surface area contributed by atoms with E-state index in [9.17, 15) is 4.79 Å². The van der Waals surface area contributed by atoms with E-state index in [4.69, 9.17) is 0 Å². The van der Waals surface area contributed by atoms with Gasteiger partial charge in [-0.05, 0) is 18.2 Å². The Morgan fingerprint density at radius 2 is 1.94 bits per heavy atom. The normalized spacial score (nSPS) is 10.2. The lowest BCUT2D eigenvalue weighted by Crippen LogP contribution is -1.99. The molecule has 82 valence electrons. The number of imidazole rings is 2. The van der Waals surface area contributed by atoms with Crippen LogP contribution in [0.3, 0.4) is 0 Å². The Morgan fingerprint density at radius 1 is 1.12 bits per heavy atom. The molecular formula is C10H9ClN4O. The molecule has 16 heavy (non-hydrogen) atoms. The first-order chi connectivity index (χ1) is 7.33. The van der Waals surface area contributed by atoms with E-state index in [1.54, 1.807) is 12.4 Å². The molecule has 3 rings (SSSR count). The maximum atomic E-state index is 11.1. The van der Waals surface area contributed by atoms with Gasteiger partial charge in [0.15, 0.2) is 0 Å².